The van der Waals surface area contributed by atoms with E-state index in [9.17, 15) is 28.8 Å². The van der Waals surface area contributed by atoms with E-state index < -0.39 is 88.0 Å². The summed E-state index contributed by atoms with van der Waals surface area (Å²) in [5.74, 6) is 5.90. The molecular weight excluding hydrogens is 693 g/mol. The number of unbranched alkanes of at least 4 members (excludes halogenated alkanes) is 12. The van der Waals surface area contributed by atoms with Gasteiger partial charge in [-0.25, -0.2) is 14.4 Å². The molecule has 3 unspecified atom stereocenters. The van der Waals surface area contributed by atoms with E-state index in [0.717, 1.165) is 77.0 Å². The molecule has 0 aliphatic rings. The molecule has 0 saturated carbocycles. The van der Waals surface area contributed by atoms with Crippen molar-refractivity contribution in [2.45, 2.75) is 136 Å². The maximum absolute atomic E-state index is 13.0. The molecule has 0 radical (unpaired) electrons. The Kier molecular flexibility index (Phi) is 29.9. The lowest BCUT2D eigenvalue weighted by atomic mass is 10.0. The summed E-state index contributed by atoms with van der Waals surface area (Å²) in [6.45, 7) is 6.25. The third kappa shape index (κ3) is 24.6. The monoisotopic (exact) mass is 753 g/mol. The Morgan fingerprint density at radius 3 is 0.962 bits per heavy atom. The smallest absolute Gasteiger partial charge is 0.551 e. The van der Waals surface area contributed by atoms with E-state index in [-0.39, 0.29) is 0 Å². The molecule has 3 atom stereocenters. The highest BCUT2D eigenvalue weighted by atomic mass is 27.3. The normalized spacial score (nSPS) is 13.0. The highest BCUT2D eigenvalue weighted by Gasteiger charge is 2.50. The minimum atomic E-state index is -4.02. The molecule has 0 aromatic carbocycles. The van der Waals surface area contributed by atoms with E-state index >= 15 is 0 Å². The molecule has 0 saturated heterocycles. The second-order valence-corrected chi connectivity index (χ2v) is 13.6. The molecule has 15 nitrogen and oxygen atoms in total. The average Bonchev–Trinajstić information content (AvgIpc) is 3.13. The standard InChI is InChI=1S/3C12H21NO4.Al/c3*1-2-3-4-5-6-7-8-10(9-11(14)15)12(16)17-13;/h3*7-8,10H,2-6,9,13H2,1H3,(H,14,15);/q;;;+3/p-3. The molecule has 0 aliphatic carbocycles. The van der Waals surface area contributed by atoms with Gasteiger partial charge in [-0.05, 0) is 38.5 Å². The van der Waals surface area contributed by atoms with Gasteiger partial charge in [0, 0.05) is 0 Å². The molecule has 294 valence electrons. The van der Waals surface area contributed by atoms with Crippen LogP contribution in [0.4, 0.5) is 0 Å². The Labute approximate surface area is 313 Å². The maximum Gasteiger partial charge on any atom is 1.20 e. The van der Waals surface area contributed by atoms with Crippen molar-refractivity contribution in [1.29, 1.82) is 0 Å². The van der Waals surface area contributed by atoms with Gasteiger partial charge in [-0.3, -0.25) is 14.4 Å². The summed E-state index contributed by atoms with van der Waals surface area (Å²) in [6.07, 6.45) is 21.7. The highest BCUT2D eigenvalue weighted by Crippen LogP contribution is 2.17. The van der Waals surface area contributed by atoms with E-state index in [1.54, 1.807) is 18.2 Å². The largest absolute Gasteiger partial charge is 1.20 e. The fourth-order valence-corrected chi connectivity index (χ4v) is 5.95. The lowest BCUT2D eigenvalue weighted by molar-refractivity contribution is -0.157. The first kappa shape index (κ1) is 48.5. The molecule has 0 aliphatic heterocycles. The van der Waals surface area contributed by atoms with Crippen LogP contribution in [0.3, 0.4) is 0 Å². The van der Waals surface area contributed by atoms with E-state index in [4.69, 9.17) is 29.1 Å². The average molecular weight is 754 g/mol. The van der Waals surface area contributed by atoms with Gasteiger partial charge in [0.25, 0.3) is 17.9 Å². The number of allylic oxidation sites excluding steroid dienone is 3. The number of nitrogens with two attached hydrogens (primary N) is 3. The van der Waals surface area contributed by atoms with Crippen molar-refractivity contribution in [3.63, 3.8) is 0 Å². The Hall–Kier alpha value is -3.55. The third-order valence-corrected chi connectivity index (χ3v) is 9.24. The molecule has 0 amide bonds. The molecule has 0 bridgehead atoms. The van der Waals surface area contributed by atoms with Crippen LogP contribution in [-0.4, -0.2) is 51.0 Å². The SMILES string of the molecule is CCCCCCC=CC(CC(=O)[O][Al]([O]C(=O)CC(C=CCCCCCC)C(=O)ON)[O]C(=O)CC(C=CCCCCCC)C(=O)ON)C(=O)ON. The van der Waals surface area contributed by atoms with Gasteiger partial charge in [-0.15, -0.1) is 0 Å². The van der Waals surface area contributed by atoms with Gasteiger partial charge in [0.2, 0.25) is 0 Å². The van der Waals surface area contributed by atoms with E-state index in [0.29, 0.717) is 19.3 Å². The third-order valence-electron chi connectivity index (χ3n) is 7.88. The predicted molar refractivity (Wildman–Crippen MR) is 193 cm³/mol. The first-order valence-electron chi connectivity index (χ1n) is 18.4. The Morgan fingerprint density at radius 1 is 0.462 bits per heavy atom. The van der Waals surface area contributed by atoms with Gasteiger partial charge >= 0.3 is 33.1 Å². The van der Waals surface area contributed by atoms with Crippen molar-refractivity contribution in [3.8, 4) is 0 Å². The Bertz CT molecular complexity index is 1010. The molecule has 0 aromatic heterocycles. The molecule has 0 rings (SSSR count). The fourth-order valence-electron chi connectivity index (χ4n) is 4.88. The van der Waals surface area contributed by atoms with E-state index in [1.165, 1.54) is 18.2 Å². The molecule has 6 N–H and O–H groups in total. The summed E-state index contributed by atoms with van der Waals surface area (Å²) in [4.78, 5) is 89.0. The number of carbonyl (C=O) groups is 6. The van der Waals surface area contributed by atoms with Crippen LogP contribution in [0.15, 0.2) is 36.5 Å². The number of carbonyl (C=O) groups excluding carboxylic acids is 6. The molecule has 0 heterocycles. The van der Waals surface area contributed by atoms with Crippen molar-refractivity contribution < 1.29 is 54.6 Å². The van der Waals surface area contributed by atoms with Crippen LogP contribution in [0.5, 0.6) is 0 Å². The number of hydrogen-bond donors (Lipinski definition) is 3. The lowest BCUT2D eigenvalue weighted by Crippen LogP contribution is -2.37. The van der Waals surface area contributed by atoms with Crippen molar-refractivity contribution in [3.05, 3.63) is 36.5 Å². The van der Waals surface area contributed by atoms with Gasteiger partial charge in [-0.1, -0.05) is 115 Å². The van der Waals surface area contributed by atoms with Crippen LogP contribution in [-0.2, 0) is 54.6 Å². The summed E-state index contributed by atoms with van der Waals surface area (Å²) in [5, 5.41) is 0. The van der Waals surface area contributed by atoms with Gasteiger partial charge in [-0.2, -0.15) is 17.7 Å². The zero-order chi connectivity index (χ0) is 39.0. The minimum Gasteiger partial charge on any atom is -0.551 e. The van der Waals surface area contributed by atoms with Crippen LogP contribution in [0.2, 0.25) is 0 Å². The van der Waals surface area contributed by atoms with Gasteiger partial charge in [0.1, 0.15) is 0 Å². The highest BCUT2D eigenvalue weighted by molar-refractivity contribution is 6.44. The van der Waals surface area contributed by atoms with Gasteiger partial charge in [0.15, 0.2) is 0 Å². The molecule has 0 aromatic rings. The Balaban J connectivity index is 5.95. The van der Waals surface area contributed by atoms with Crippen LogP contribution >= 0.6 is 0 Å². The van der Waals surface area contributed by atoms with Crippen molar-refractivity contribution in [2.75, 3.05) is 0 Å². The van der Waals surface area contributed by atoms with Crippen molar-refractivity contribution >= 4 is 51.0 Å². The second-order valence-electron chi connectivity index (χ2n) is 12.3. The van der Waals surface area contributed by atoms with Crippen LogP contribution in [0, 0.1) is 17.8 Å². The minimum absolute atomic E-state index is 0.577. The predicted octanol–water partition coefficient (Wildman–Crippen LogP) is 5.45. The second kappa shape index (κ2) is 32.1. The number of hydrogen-bond acceptors (Lipinski definition) is 15. The lowest BCUT2D eigenvalue weighted by Gasteiger charge is -2.17. The maximum atomic E-state index is 13.0. The first-order valence-corrected chi connectivity index (χ1v) is 19.8. The van der Waals surface area contributed by atoms with Crippen molar-refractivity contribution in [2.24, 2.45) is 35.4 Å². The fraction of sp³-hybridized carbons (Fsp3) is 0.667. The summed E-state index contributed by atoms with van der Waals surface area (Å²) >= 11 is -4.02. The molecular formula is C36H60AlN3O12. The van der Waals surface area contributed by atoms with E-state index in [2.05, 4.69) is 35.3 Å². The van der Waals surface area contributed by atoms with E-state index in [1.807, 2.05) is 0 Å². The Morgan fingerprint density at radius 2 is 0.731 bits per heavy atom. The first-order chi connectivity index (χ1) is 25.1. The summed E-state index contributed by atoms with van der Waals surface area (Å²) < 4.78 is 15.9. The molecule has 16 heteroatoms. The van der Waals surface area contributed by atoms with Crippen molar-refractivity contribution in [1.82, 2.24) is 0 Å². The summed E-state index contributed by atoms with van der Waals surface area (Å²) in [7, 11) is 0. The van der Waals surface area contributed by atoms with Gasteiger partial charge in [0.05, 0.1) is 37.0 Å². The quantitative estimate of drug-likeness (QED) is 0.0358. The van der Waals surface area contributed by atoms with Crippen LogP contribution < -0.4 is 17.7 Å². The van der Waals surface area contributed by atoms with Crippen LogP contribution in [0.25, 0.3) is 0 Å². The summed E-state index contributed by atoms with van der Waals surface area (Å²) in [5.41, 5.74) is 0. The topological polar surface area (TPSA) is 236 Å². The molecule has 0 fully saturated rings. The number of rotatable bonds is 30. The van der Waals surface area contributed by atoms with Crippen LogP contribution in [0.1, 0.15) is 136 Å². The summed E-state index contributed by atoms with van der Waals surface area (Å²) in [6, 6.07) is 0. The zero-order valence-corrected chi connectivity index (χ0v) is 32.3. The zero-order valence-electron chi connectivity index (χ0n) is 31.1. The van der Waals surface area contributed by atoms with Gasteiger partial charge < -0.3 is 25.9 Å². The molecule has 0 spiro atoms. The molecule has 52 heavy (non-hydrogen) atoms.